The van der Waals surface area contributed by atoms with Crippen molar-refractivity contribution in [1.82, 2.24) is 24.2 Å². The highest BCUT2D eigenvalue weighted by molar-refractivity contribution is 7.25. The Bertz CT molecular complexity index is 4640. The van der Waals surface area contributed by atoms with E-state index in [1.807, 2.05) is 162 Å². The number of rotatable bonds is 3. The van der Waals surface area contributed by atoms with Crippen molar-refractivity contribution in [2.75, 3.05) is 47.8 Å². The molecule has 0 fully saturated rings. The lowest BCUT2D eigenvalue weighted by atomic mass is 9.80. The fourth-order valence-corrected chi connectivity index (χ4v) is 15.5. The van der Waals surface area contributed by atoms with E-state index >= 15 is 0 Å². The number of furan rings is 1. The van der Waals surface area contributed by atoms with Crippen LogP contribution in [0.3, 0.4) is 0 Å². The molecule has 0 bridgehead atoms. The van der Waals surface area contributed by atoms with Gasteiger partial charge in [0.15, 0.2) is 0 Å². The second-order valence-electron chi connectivity index (χ2n) is 25.5. The summed E-state index contributed by atoms with van der Waals surface area (Å²) in [4.78, 5) is 18.6. The topological polar surface area (TPSA) is 44.0 Å². The van der Waals surface area contributed by atoms with E-state index in [9.17, 15) is 0 Å². The third kappa shape index (κ3) is 19.0. The molecule has 0 amide bonds. The number of allylic oxidation sites excluding steroid dienone is 1. The maximum absolute atomic E-state index is 5.95. The first kappa shape index (κ1) is 94.1. The molecule has 5 aliphatic rings. The molecule has 16 rings (SSSR count). The van der Waals surface area contributed by atoms with Crippen molar-refractivity contribution in [3.63, 3.8) is 0 Å². The summed E-state index contributed by atoms with van der Waals surface area (Å²) >= 11 is 1.88. The lowest BCUT2D eigenvalue weighted by Crippen LogP contribution is -2.37. The van der Waals surface area contributed by atoms with E-state index in [4.69, 9.17) is 4.42 Å². The van der Waals surface area contributed by atoms with Crippen LogP contribution in [-0.2, 0) is 7.05 Å². The highest BCUT2D eigenvalue weighted by Crippen LogP contribution is 2.54. The summed E-state index contributed by atoms with van der Waals surface area (Å²) in [6.45, 7) is 69.2. The maximum atomic E-state index is 5.95. The molecular formula is C98H145N9OS. The average molecular weight is 1500 g/mol. The van der Waals surface area contributed by atoms with Crippen molar-refractivity contribution in [2.45, 2.75) is 253 Å². The van der Waals surface area contributed by atoms with Gasteiger partial charge in [-0.15, -0.1) is 11.3 Å². The molecule has 10 nitrogen and oxygen atoms in total. The molecule has 4 unspecified atom stereocenters. The number of anilines is 4. The van der Waals surface area contributed by atoms with E-state index in [1.165, 1.54) is 148 Å². The Kier molecular flexibility index (Phi) is 38.5. The van der Waals surface area contributed by atoms with Gasteiger partial charge in [-0.25, -0.2) is 0 Å². The van der Waals surface area contributed by atoms with Crippen molar-refractivity contribution in [3.8, 4) is 11.1 Å². The van der Waals surface area contributed by atoms with Gasteiger partial charge in [-0.1, -0.05) is 211 Å². The van der Waals surface area contributed by atoms with Crippen LogP contribution in [-0.4, -0.2) is 77.0 Å². The highest BCUT2D eigenvalue weighted by Gasteiger charge is 2.41. The molecule has 0 radical (unpaired) electrons. The van der Waals surface area contributed by atoms with E-state index in [0.29, 0.717) is 24.7 Å². The Morgan fingerprint density at radius 3 is 1.24 bits per heavy atom. The minimum atomic E-state index is 0.333. The summed E-state index contributed by atoms with van der Waals surface area (Å²) in [6.07, 6.45) is 14.3. The third-order valence-electron chi connectivity index (χ3n) is 20.5. The summed E-state index contributed by atoms with van der Waals surface area (Å²) in [5, 5.41) is 7.74. The van der Waals surface area contributed by atoms with Crippen LogP contribution in [0.5, 0.6) is 0 Å². The van der Waals surface area contributed by atoms with Crippen molar-refractivity contribution in [3.05, 3.63) is 220 Å². The normalized spacial score (nSPS) is 15.5. The van der Waals surface area contributed by atoms with Crippen LogP contribution in [0.4, 0.5) is 22.7 Å². The number of benzene rings is 8. The molecule has 0 aliphatic carbocycles. The zero-order valence-electron chi connectivity index (χ0n) is 75.2. The molecule has 0 saturated heterocycles. The van der Waals surface area contributed by atoms with Gasteiger partial charge in [0, 0.05) is 159 Å². The van der Waals surface area contributed by atoms with Crippen LogP contribution in [0.15, 0.2) is 175 Å². The largest absolute Gasteiger partial charge is 0.456 e. The van der Waals surface area contributed by atoms with Crippen LogP contribution in [0.1, 0.15) is 223 Å². The lowest BCUT2D eigenvalue weighted by molar-refractivity contribution is 0.357. The standard InChI is InChI=1S/C23H28N2.C19H21N3.C18H18N2O.C18H18N2S.10C2H6/c1-12-10-9-11-19-20-15(4)13(2)14(3)16(5)21(20)23-17(6)24(8)18(7)25(23)22(12)19;1-13-11-19-16(15-7-5-6-8-17(15)21(19)4)12-18(13)22-10-9-20(3)14(22)2;2*1-12-10-18-15(14-6-4-5-7-17(14)21-18)11-16(12)20-9-8-19(3)13(20)2;10*1-2/h9-11,18H,1-8H3;5-12,14H,1-4H3;2*4-11,13H,1-3H3;10*1-2H3. The average Bonchev–Trinajstić information content (AvgIpc) is 1.67. The van der Waals surface area contributed by atoms with Gasteiger partial charge in [0.25, 0.3) is 0 Å². The first-order valence-electron chi connectivity index (χ1n) is 41.5. The van der Waals surface area contributed by atoms with E-state index in [1.54, 1.807) is 0 Å². The first-order valence-corrected chi connectivity index (χ1v) is 42.3. The molecule has 0 spiro atoms. The summed E-state index contributed by atoms with van der Waals surface area (Å²) in [6, 6.07) is 46.0. The third-order valence-corrected chi connectivity index (χ3v) is 21.7. The summed E-state index contributed by atoms with van der Waals surface area (Å²) in [7, 11) is 10.7. The van der Waals surface area contributed by atoms with Crippen molar-refractivity contribution in [1.29, 1.82) is 0 Å². The Balaban J connectivity index is 0.000000350. The van der Waals surface area contributed by atoms with Gasteiger partial charge < -0.3 is 48.2 Å². The van der Waals surface area contributed by atoms with Gasteiger partial charge in [-0.05, 0) is 195 Å². The molecule has 4 atom stereocenters. The SMILES string of the molecule is CC.CC.CC.CC.CC.CC.CC.CC.CC.CC.CC1=C2c3c(C)c(C)c(C)c(C)c3-c3cccc(C)c3N2C(C)N1C.Cc1cc2c(cc1N1C=CN(C)C1C)c1ccccc1n2C.Cc1cc2oc3ccccc3c2cc1N1C=CN(C)C1C.Cc1cc2sc3ccccc3c2cc1N1C=CN(C)C1C. The van der Waals surface area contributed by atoms with Crippen molar-refractivity contribution < 1.29 is 4.42 Å². The fourth-order valence-electron chi connectivity index (χ4n) is 14.3. The Morgan fingerprint density at radius 1 is 0.321 bits per heavy atom. The van der Waals surface area contributed by atoms with Gasteiger partial charge in [0.1, 0.15) is 35.8 Å². The Morgan fingerprint density at radius 2 is 0.743 bits per heavy atom. The lowest BCUT2D eigenvalue weighted by Gasteiger charge is -2.38. The molecule has 3 aromatic heterocycles. The summed E-state index contributed by atoms with van der Waals surface area (Å²) in [5.74, 6) is 0. The second kappa shape index (κ2) is 44.6. The molecule has 5 aliphatic heterocycles. The summed E-state index contributed by atoms with van der Waals surface area (Å²) in [5.41, 5.74) is 27.7. The molecular weight excluding hydrogens is 1350 g/mol. The highest BCUT2D eigenvalue weighted by atomic mass is 32.1. The van der Waals surface area contributed by atoms with Crippen molar-refractivity contribution >= 4 is 104 Å². The van der Waals surface area contributed by atoms with Gasteiger partial charge >= 0.3 is 0 Å². The van der Waals surface area contributed by atoms with Crippen LogP contribution in [0, 0.1) is 55.4 Å². The number of aryl methyl sites for hydroxylation is 5. The van der Waals surface area contributed by atoms with E-state index in [2.05, 4.69) is 321 Å². The number of nitrogens with zero attached hydrogens (tertiary/aromatic N) is 9. The van der Waals surface area contributed by atoms with Crippen molar-refractivity contribution in [2.24, 2.45) is 7.05 Å². The minimum absolute atomic E-state index is 0.333. The second-order valence-corrected chi connectivity index (χ2v) is 26.6. The van der Waals surface area contributed by atoms with Crippen LogP contribution in [0.2, 0.25) is 0 Å². The predicted molar refractivity (Wildman–Crippen MR) is 496 cm³/mol. The smallest absolute Gasteiger partial charge is 0.135 e. The molecule has 11 heteroatoms. The monoisotopic (exact) mass is 1500 g/mol. The zero-order valence-corrected chi connectivity index (χ0v) is 76.1. The molecule has 8 aromatic carbocycles. The first-order chi connectivity index (χ1) is 52.6. The Hall–Kier alpha value is -9.06. The number of fused-ring (bicyclic) bond motifs is 15. The number of hydrogen-bond donors (Lipinski definition) is 0. The van der Waals surface area contributed by atoms with Gasteiger partial charge in [0.05, 0.1) is 11.4 Å². The predicted octanol–water partition coefficient (Wildman–Crippen LogP) is 29.6. The van der Waals surface area contributed by atoms with Crippen LogP contribution < -0.4 is 19.6 Å². The Labute approximate surface area is 667 Å². The van der Waals surface area contributed by atoms with E-state index in [0.717, 1.165) is 11.2 Å². The quantitative estimate of drug-likeness (QED) is 0.172. The molecule has 109 heavy (non-hydrogen) atoms. The number of thiophene rings is 1. The molecule has 8 heterocycles. The zero-order chi connectivity index (χ0) is 82.8. The van der Waals surface area contributed by atoms with Gasteiger partial charge in [-0.2, -0.15) is 0 Å². The molecule has 0 N–H and O–H groups in total. The van der Waals surface area contributed by atoms with E-state index < -0.39 is 0 Å². The number of hydrogen-bond acceptors (Lipinski definition) is 10. The van der Waals surface area contributed by atoms with Gasteiger partial charge in [-0.3, -0.25) is 0 Å². The number of para-hydroxylation sites is 3. The molecule has 594 valence electrons. The minimum Gasteiger partial charge on any atom is -0.456 e. The molecule has 11 aromatic rings. The maximum Gasteiger partial charge on any atom is 0.135 e. The molecule has 0 saturated carbocycles. The van der Waals surface area contributed by atoms with E-state index in [-0.39, 0.29) is 0 Å². The van der Waals surface area contributed by atoms with Crippen LogP contribution in [0.25, 0.3) is 80.7 Å². The summed E-state index contributed by atoms with van der Waals surface area (Å²) < 4.78 is 11.0. The fraction of sp³-hybridized carbons (Fsp3) is 0.429. The van der Waals surface area contributed by atoms with Crippen LogP contribution >= 0.6 is 11.3 Å². The van der Waals surface area contributed by atoms with Gasteiger partial charge in [0.2, 0.25) is 0 Å². The number of aromatic nitrogens is 1.